The predicted molar refractivity (Wildman–Crippen MR) is 93.7 cm³/mol. The van der Waals surface area contributed by atoms with Gasteiger partial charge in [0.25, 0.3) is 0 Å². The van der Waals surface area contributed by atoms with Crippen molar-refractivity contribution in [2.75, 3.05) is 0 Å². The Morgan fingerprint density at radius 1 is 0.667 bits per heavy atom. The molecule has 114 valence electrons. The molecule has 21 heavy (non-hydrogen) atoms. The van der Waals surface area contributed by atoms with E-state index < -0.39 is 16.6 Å². The van der Waals surface area contributed by atoms with E-state index in [1.54, 1.807) is 0 Å². The Hall–Kier alpha value is -1.47. The standard InChI is InChI=1S/C16H25NO2Si2/c1-20(2,3)18-15-12-13-16(19-21(4,5)6)17(15)14-10-8-7-9-11-14/h7-13H,1-6H3. The molecule has 0 N–H and O–H groups in total. The first-order chi connectivity index (χ1) is 9.66. The number of aromatic nitrogens is 1. The van der Waals surface area contributed by atoms with Crippen molar-refractivity contribution in [1.82, 2.24) is 4.57 Å². The van der Waals surface area contributed by atoms with Crippen molar-refractivity contribution in [2.45, 2.75) is 39.3 Å². The van der Waals surface area contributed by atoms with Crippen LogP contribution in [0.5, 0.6) is 11.8 Å². The number of hydrogen-bond acceptors (Lipinski definition) is 2. The Bertz CT molecular complexity index is 561. The number of rotatable bonds is 5. The molecule has 5 heteroatoms. The molecule has 2 rings (SSSR count). The molecule has 0 radical (unpaired) electrons. The van der Waals surface area contributed by atoms with Crippen LogP contribution in [-0.4, -0.2) is 21.2 Å². The summed E-state index contributed by atoms with van der Waals surface area (Å²) in [4.78, 5) is 0. The van der Waals surface area contributed by atoms with E-state index in [1.165, 1.54) is 0 Å². The van der Waals surface area contributed by atoms with Crippen molar-refractivity contribution >= 4 is 16.6 Å². The highest BCUT2D eigenvalue weighted by Crippen LogP contribution is 2.31. The second-order valence-corrected chi connectivity index (χ2v) is 16.0. The summed E-state index contributed by atoms with van der Waals surface area (Å²) in [7, 11) is -3.35. The van der Waals surface area contributed by atoms with Crippen LogP contribution in [0.2, 0.25) is 39.3 Å². The van der Waals surface area contributed by atoms with Gasteiger partial charge in [0.15, 0.2) is 11.8 Å². The van der Waals surface area contributed by atoms with Crippen LogP contribution >= 0.6 is 0 Å². The third-order valence-electron chi connectivity index (χ3n) is 2.65. The minimum atomic E-state index is -1.67. The van der Waals surface area contributed by atoms with E-state index in [4.69, 9.17) is 8.85 Å². The fraction of sp³-hybridized carbons (Fsp3) is 0.375. The maximum absolute atomic E-state index is 6.22. The highest BCUT2D eigenvalue weighted by Gasteiger charge is 2.24. The fourth-order valence-corrected chi connectivity index (χ4v) is 3.59. The molecule has 0 spiro atoms. The molecule has 3 nitrogen and oxygen atoms in total. The van der Waals surface area contributed by atoms with Gasteiger partial charge in [-0.3, -0.25) is 4.57 Å². The molecular formula is C16H25NO2Si2. The summed E-state index contributed by atoms with van der Waals surface area (Å²) in [5.74, 6) is 1.74. The molecule has 0 aliphatic carbocycles. The molecule has 0 amide bonds. The van der Waals surface area contributed by atoms with Crippen molar-refractivity contribution in [3.63, 3.8) is 0 Å². The monoisotopic (exact) mass is 319 g/mol. The van der Waals surface area contributed by atoms with Gasteiger partial charge in [-0.2, -0.15) is 0 Å². The Balaban J connectivity index is 2.48. The fourth-order valence-electron chi connectivity index (χ4n) is 2.02. The van der Waals surface area contributed by atoms with Crippen LogP contribution in [-0.2, 0) is 0 Å². The summed E-state index contributed by atoms with van der Waals surface area (Å²) >= 11 is 0. The van der Waals surface area contributed by atoms with Gasteiger partial charge in [-0.05, 0) is 51.4 Å². The first-order valence-corrected chi connectivity index (χ1v) is 14.1. The lowest BCUT2D eigenvalue weighted by atomic mass is 10.3. The van der Waals surface area contributed by atoms with E-state index in [0.29, 0.717) is 0 Å². The van der Waals surface area contributed by atoms with Gasteiger partial charge in [0, 0.05) is 12.1 Å². The van der Waals surface area contributed by atoms with Gasteiger partial charge in [-0.1, -0.05) is 18.2 Å². The average Bonchev–Trinajstić information content (AvgIpc) is 2.68. The molecule has 2 aromatic rings. The largest absolute Gasteiger partial charge is 0.532 e. The Morgan fingerprint density at radius 2 is 1.10 bits per heavy atom. The zero-order valence-electron chi connectivity index (χ0n) is 13.8. The van der Waals surface area contributed by atoms with Crippen molar-refractivity contribution in [1.29, 1.82) is 0 Å². The SMILES string of the molecule is C[Si](C)(C)Oc1ccc(O[Si](C)(C)C)n1-c1ccccc1. The van der Waals surface area contributed by atoms with Crippen LogP contribution < -0.4 is 8.85 Å². The zero-order valence-corrected chi connectivity index (χ0v) is 15.8. The second-order valence-electron chi connectivity index (χ2n) is 7.11. The van der Waals surface area contributed by atoms with E-state index in [0.717, 1.165) is 17.4 Å². The maximum Gasteiger partial charge on any atom is 0.244 e. The molecule has 1 aromatic heterocycles. The van der Waals surface area contributed by atoms with Crippen molar-refractivity contribution in [3.05, 3.63) is 42.5 Å². The van der Waals surface area contributed by atoms with Gasteiger partial charge in [-0.25, -0.2) is 0 Å². The minimum absolute atomic E-state index is 0.869. The minimum Gasteiger partial charge on any atom is -0.532 e. The van der Waals surface area contributed by atoms with Crippen molar-refractivity contribution in [2.24, 2.45) is 0 Å². The second kappa shape index (κ2) is 5.73. The van der Waals surface area contributed by atoms with E-state index in [2.05, 4.69) is 56.0 Å². The summed E-state index contributed by atoms with van der Waals surface area (Å²) in [5.41, 5.74) is 1.07. The number of hydrogen-bond donors (Lipinski definition) is 0. The number of benzene rings is 1. The highest BCUT2D eigenvalue weighted by atomic mass is 28.4. The van der Waals surface area contributed by atoms with Gasteiger partial charge in [0.1, 0.15) is 0 Å². The summed E-state index contributed by atoms with van der Waals surface area (Å²) in [5, 5.41) is 0. The molecule has 0 saturated carbocycles. The van der Waals surface area contributed by atoms with Gasteiger partial charge >= 0.3 is 0 Å². The van der Waals surface area contributed by atoms with Gasteiger partial charge < -0.3 is 8.85 Å². The summed E-state index contributed by atoms with van der Waals surface area (Å²) in [6.07, 6.45) is 0. The van der Waals surface area contributed by atoms with Gasteiger partial charge in [-0.15, -0.1) is 0 Å². The van der Waals surface area contributed by atoms with Crippen LogP contribution in [0.4, 0.5) is 0 Å². The molecule has 0 atom stereocenters. The molecular weight excluding hydrogens is 294 g/mol. The van der Waals surface area contributed by atoms with E-state index in [9.17, 15) is 0 Å². The normalized spacial score (nSPS) is 12.3. The average molecular weight is 320 g/mol. The maximum atomic E-state index is 6.22. The lowest BCUT2D eigenvalue weighted by molar-refractivity contribution is 0.480. The smallest absolute Gasteiger partial charge is 0.244 e. The molecule has 0 fully saturated rings. The van der Waals surface area contributed by atoms with Crippen LogP contribution in [0.3, 0.4) is 0 Å². The summed E-state index contributed by atoms with van der Waals surface area (Å²) < 4.78 is 14.5. The van der Waals surface area contributed by atoms with Crippen LogP contribution in [0, 0.1) is 0 Å². The van der Waals surface area contributed by atoms with Crippen LogP contribution in [0.15, 0.2) is 42.5 Å². The Morgan fingerprint density at radius 3 is 1.48 bits per heavy atom. The Labute approximate surface area is 129 Å². The van der Waals surface area contributed by atoms with Gasteiger partial charge in [0.2, 0.25) is 16.6 Å². The number of para-hydroxylation sites is 1. The van der Waals surface area contributed by atoms with Crippen molar-refractivity contribution < 1.29 is 8.85 Å². The quantitative estimate of drug-likeness (QED) is 0.731. The molecule has 0 aliphatic heterocycles. The lowest BCUT2D eigenvalue weighted by Crippen LogP contribution is -2.32. The first kappa shape index (κ1) is 15.9. The predicted octanol–water partition coefficient (Wildman–Crippen LogP) is 4.90. The third-order valence-corrected chi connectivity index (χ3v) is 4.29. The molecule has 1 aromatic carbocycles. The highest BCUT2D eigenvalue weighted by molar-refractivity contribution is 6.70. The molecule has 1 heterocycles. The first-order valence-electron chi connectivity index (χ1n) is 7.31. The summed E-state index contributed by atoms with van der Waals surface area (Å²) in [6.45, 7) is 13.1. The topological polar surface area (TPSA) is 23.4 Å². The zero-order chi connectivity index (χ0) is 15.7. The molecule has 0 unspecified atom stereocenters. The third kappa shape index (κ3) is 4.51. The summed E-state index contributed by atoms with van der Waals surface area (Å²) in [6, 6.07) is 14.3. The molecule has 0 bridgehead atoms. The lowest BCUT2D eigenvalue weighted by Gasteiger charge is -2.24. The van der Waals surface area contributed by atoms with Gasteiger partial charge in [0.05, 0.1) is 5.69 Å². The molecule has 0 saturated heterocycles. The van der Waals surface area contributed by atoms with Crippen LogP contribution in [0.1, 0.15) is 0 Å². The van der Waals surface area contributed by atoms with Crippen LogP contribution in [0.25, 0.3) is 5.69 Å². The van der Waals surface area contributed by atoms with Crippen molar-refractivity contribution in [3.8, 4) is 17.4 Å². The van der Waals surface area contributed by atoms with E-state index in [-0.39, 0.29) is 0 Å². The van der Waals surface area contributed by atoms with E-state index in [1.807, 2.05) is 30.3 Å². The molecule has 0 aliphatic rings. The Kier molecular flexibility index (Phi) is 4.34. The van der Waals surface area contributed by atoms with E-state index >= 15 is 0 Å². The number of nitrogens with zero attached hydrogens (tertiary/aromatic N) is 1.